The molecule has 3 aromatic rings. The number of benzene rings is 2. The third kappa shape index (κ3) is 4.84. The molecule has 0 unspecified atom stereocenters. The van der Waals surface area contributed by atoms with Gasteiger partial charge in [-0.15, -0.1) is 0 Å². The molecule has 2 aliphatic heterocycles. The Morgan fingerprint density at radius 1 is 1.05 bits per heavy atom. The molecule has 11 heteroatoms. The maximum Gasteiger partial charge on any atom is 0.418 e. The van der Waals surface area contributed by atoms with Crippen LogP contribution in [-0.2, 0) is 19.1 Å². The third-order valence-corrected chi connectivity index (χ3v) is 7.83. The van der Waals surface area contributed by atoms with Gasteiger partial charge in [0.1, 0.15) is 5.58 Å². The fraction of sp³-hybridized carbons (Fsp3) is 0.407. The Balaban J connectivity index is 1.45. The molecule has 0 aliphatic carbocycles. The van der Waals surface area contributed by atoms with Gasteiger partial charge in [-0.2, -0.15) is 13.2 Å². The maximum atomic E-state index is 13.6. The highest BCUT2D eigenvalue weighted by atomic mass is 32.2. The summed E-state index contributed by atoms with van der Waals surface area (Å²) in [5.41, 5.74) is 2.10. The quantitative estimate of drug-likeness (QED) is 0.374. The lowest BCUT2D eigenvalue weighted by Crippen LogP contribution is -2.44. The molecule has 1 fully saturated rings. The minimum atomic E-state index is -4.62. The van der Waals surface area contributed by atoms with Gasteiger partial charge in [0.25, 0.3) is 5.91 Å². The van der Waals surface area contributed by atoms with Crippen LogP contribution < -0.4 is 15.2 Å². The molecule has 1 saturated heterocycles. The molecule has 2 aromatic carbocycles. The van der Waals surface area contributed by atoms with E-state index in [2.05, 4.69) is 27.6 Å². The Labute approximate surface area is 222 Å². The van der Waals surface area contributed by atoms with E-state index in [9.17, 15) is 22.8 Å². The molecule has 0 radical (unpaired) electrons. The van der Waals surface area contributed by atoms with E-state index in [0.29, 0.717) is 17.6 Å². The van der Waals surface area contributed by atoms with Gasteiger partial charge in [0.2, 0.25) is 0 Å². The summed E-state index contributed by atoms with van der Waals surface area (Å²) >= 11 is 1.04. The van der Waals surface area contributed by atoms with E-state index >= 15 is 0 Å². The number of aryl methyl sites for hydroxylation is 1. The zero-order chi connectivity index (χ0) is 27.2. The van der Waals surface area contributed by atoms with Crippen molar-refractivity contribution in [2.45, 2.75) is 26.1 Å². The van der Waals surface area contributed by atoms with Gasteiger partial charge < -0.3 is 23.8 Å². The van der Waals surface area contributed by atoms with Crippen LogP contribution in [0.25, 0.3) is 11.0 Å². The van der Waals surface area contributed by atoms with Crippen molar-refractivity contribution in [1.29, 1.82) is 0 Å². The molecule has 0 spiro atoms. The van der Waals surface area contributed by atoms with Gasteiger partial charge in [0.15, 0.2) is 0 Å². The van der Waals surface area contributed by atoms with Crippen LogP contribution in [0, 0.1) is 6.92 Å². The van der Waals surface area contributed by atoms with Crippen LogP contribution in [-0.4, -0.2) is 61.7 Å². The molecule has 1 amide bonds. The molecule has 0 atom stereocenters. The van der Waals surface area contributed by atoms with Gasteiger partial charge in [-0.1, -0.05) is 11.9 Å². The van der Waals surface area contributed by atoms with Crippen molar-refractivity contribution in [3.8, 4) is 0 Å². The standard InChI is InChI=1S/C27H29F3N4O3S/c1-16-23(33-12-10-32(2)11-13-33)7-5-19-18-8-9-34(15-20(18)26(36)37-24(16)19)25(35)17-4-6-22(31-38-3)21(14-17)27(28,29)30/h4-7,14,31H,8-13,15H2,1-3H3. The number of carbonyl (C=O) groups is 1. The van der Waals surface area contributed by atoms with Crippen LogP contribution in [0.15, 0.2) is 39.5 Å². The second-order valence-corrected chi connectivity index (χ2v) is 10.4. The van der Waals surface area contributed by atoms with Gasteiger partial charge in [-0.05, 0) is 56.3 Å². The molecule has 0 bridgehead atoms. The Bertz CT molecular complexity index is 1450. The average molecular weight is 547 g/mol. The van der Waals surface area contributed by atoms with Gasteiger partial charge in [0.05, 0.1) is 23.4 Å². The number of likely N-dealkylation sites (N-methyl/N-ethyl adjacent to an activating group) is 1. The molecule has 3 heterocycles. The second-order valence-electron chi connectivity index (χ2n) is 9.76. The van der Waals surface area contributed by atoms with E-state index in [-0.39, 0.29) is 24.3 Å². The zero-order valence-electron chi connectivity index (χ0n) is 21.4. The lowest BCUT2D eigenvalue weighted by atomic mass is 9.95. The highest BCUT2D eigenvalue weighted by molar-refractivity contribution is 7.99. The molecule has 5 rings (SSSR count). The Hall–Kier alpha value is -3.18. The average Bonchev–Trinajstić information content (AvgIpc) is 2.89. The van der Waals surface area contributed by atoms with Crippen molar-refractivity contribution in [2.75, 3.05) is 55.6 Å². The molecular formula is C27H29F3N4O3S. The summed E-state index contributed by atoms with van der Waals surface area (Å²) in [7, 11) is 2.09. The topological polar surface area (TPSA) is 69.0 Å². The predicted octanol–water partition coefficient (Wildman–Crippen LogP) is 4.76. The number of carbonyl (C=O) groups excluding carboxylic acids is 1. The predicted molar refractivity (Wildman–Crippen MR) is 144 cm³/mol. The van der Waals surface area contributed by atoms with E-state index in [1.165, 1.54) is 17.0 Å². The van der Waals surface area contributed by atoms with E-state index in [1.807, 2.05) is 13.0 Å². The first-order valence-electron chi connectivity index (χ1n) is 12.4. The van der Waals surface area contributed by atoms with Gasteiger partial charge in [-0.25, -0.2) is 4.79 Å². The number of alkyl halides is 3. The fourth-order valence-corrected chi connectivity index (χ4v) is 5.71. The highest BCUT2D eigenvalue weighted by Gasteiger charge is 2.35. The lowest BCUT2D eigenvalue weighted by Gasteiger charge is -2.35. The number of rotatable bonds is 4. The SMILES string of the molecule is CSNc1ccc(C(=O)N2CCc3c(c(=O)oc4c(C)c(N5CCN(C)CC5)ccc34)C2)cc1C(F)(F)F. The van der Waals surface area contributed by atoms with Crippen molar-refractivity contribution in [2.24, 2.45) is 0 Å². The summed E-state index contributed by atoms with van der Waals surface area (Å²) in [6.07, 6.45) is -2.59. The number of nitrogens with one attached hydrogen (secondary N) is 1. The molecule has 1 aromatic heterocycles. The number of hydrogen-bond donors (Lipinski definition) is 1. The molecule has 7 nitrogen and oxygen atoms in total. The number of piperazine rings is 1. The van der Waals surface area contributed by atoms with E-state index in [4.69, 9.17) is 4.42 Å². The first kappa shape index (κ1) is 26.4. The van der Waals surface area contributed by atoms with E-state index in [1.54, 1.807) is 6.26 Å². The number of amides is 1. The molecule has 1 N–H and O–H groups in total. The molecule has 202 valence electrons. The fourth-order valence-electron chi connectivity index (χ4n) is 5.31. The van der Waals surface area contributed by atoms with Gasteiger partial charge in [0, 0.05) is 61.2 Å². The Kier molecular flexibility index (Phi) is 7.08. The van der Waals surface area contributed by atoms with Crippen LogP contribution in [0.4, 0.5) is 24.5 Å². The van der Waals surface area contributed by atoms with Crippen molar-refractivity contribution in [3.05, 3.63) is 68.6 Å². The number of fused-ring (bicyclic) bond motifs is 3. The number of hydrogen-bond acceptors (Lipinski definition) is 7. The minimum absolute atomic E-state index is 0.0160. The van der Waals surface area contributed by atoms with E-state index in [0.717, 1.165) is 66.4 Å². The third-order valence-electron chi connectivity index (χ3n) is 7.40. The zero-order valence-corrected chi connectivity index (χ0v) is 22.3. The van der Waals surface area contributed by atoms with Crippen molar-refractivity contribution < 1.29 is 22.4 Å². The molecule has 0 saturated carbocycles. The second kappa shape index (κ2) is 10.2. The first-order valence-corrected chi connectivity index (χ1v) is 13.6. The minimum Gasteiger partial charge on any atom is -0.422 e. The Morgan fingerprint density at radius 2 is 1.79 bits per heavy atom. The summed E-state index contributed by atoms with van der Waals surface area (Å²) in [4.78, 5) is 32.3. The van der Waals surface area contributed by atoms with Crippen molar-refractivity contribution in [3.63, 3.8) is 0 Å². The highest BCUT2D eigenvalue weighted by Crippen LogP contribution is 2.37. The summed E-state index contributed by atoms with van der Waals surface area (Å²) in [5, 5.41) is 0.842. The lowest BCUT2D eigenvalue weighted by molar-refractivity contribution is -0.136. The van der Waals surface area contributed by atoms with Crippen LogP contribution in [0.1, 0.15) is 32.6 Å². The summed E-state index contributed by atoms with van der Waals surface area (Å²) in [6.45, 7) is 5.91. The smallest absolute Gasteiger partial charge is 0.418 e. The van der Waals surface area contributed by atoms with Crippen molar-refractivity contribution >= 4 is 40.2 Å². The largest absolute Gasteiger partial charge is 0.422 e. The van der Waals surface area contributed by atoms with Gasteiger partial charge in [-0.3, -0.25) is 4.79 Å². The maximum absolute atomic E-state index is 13.6. The van der Waals surface area contributed by atoms with Crippen LogP contribution in [0.2, 0.25) is 0 Å². The van der Waals surface area contributed by atoms with Crippen LogP contribution in [0.5, 0.6) is 0 Å². The number of nitrogens with zero attached hydrogens (tertiary/aromatic N) is 3. The number of halogens is 3. The summed E-state index contributed by atoms with van der Waals surface area (Å²) in [6, 6.07) is 7.53. The molecule has 38 heavy (non-hydrogen) atoms. The van der Waals surface area contributed by atoms with E-state index < -0.39 is 23.3 Å². The van der Waals surface area contributed by atoms with Crippen molar-refractivity contribution in [1.82, 2.24) is 9.80 Å². The Morgan fingerprint density at radius 3 is 2.47 bits per heavy atom. The normalized spacial score (nSPS) is 16.6. The van der Waals surface area contributed by atoms with Crippen LogP contribution >= 0.6 is 11.9 Å². The first-order chi connectivity index (χ1) is 18.1. The molecule has 2 aliphatic rings. The number of anilines is 2. The molecular weight excluding hydrogens is 517 g/mol. The summed E-state index contributed by atoms with van der Waals surface area (Å²) in [5.74, 6) is -0.557. The monoisotopic (exact) mass is 546 g/mol. The van der Waals surface area contributed by atoms with Crippen LogP contribution in [0.3, 0.4) is 0 Å². The summed E-state index contributed by atoms with van der Waals surface area (Å²) < 4.78 is 49.3. The van der Waals surface area contributed by atoms with Gasteiger partial charge >= 0.3 is 11.8 Å².